The predicted molar refractivity (Wildman–Crippen MR) is 123 cm³/mol. The molecular formula is C21H23ClN6O4S. The third-order valence-corrected chi connectivity index (χ3v) is 7.18. The molecule has 10 nitrogen and oxygen atoms in total. The number of benzene rings is 1. The first-order valence-electron chi connectivity index (χ1n) is 10.5. The Kier molecular flexibility index (Phi) is 6.61. The maximum Gasteiger partial charge on any atom is 0.319 e. The monoisotopic (exact) mass is 490 g/mol. The summed E-state index contributed by atoms with van der Waals surface area (Å²) in [5.41, 5.74) is 6.18. The van der Waals surface area contributed by atoms with Crippen molar-refractivity contribution in [1.82, 2.24) is 20.1 Å². The number of aromatic nitrogens is 4. The van der Waals surface area contributed by atoms with Crippen LogP contribution in [0, 0.1) is 5.92 Å². The number of amides is 1. The highest BCUT2D eigenvalue weighted by Gasteiger charge is 2.24. The minimum absolute atomic E-state index is 0.0117. The molecule has 0 aliphatic heterocycles. The van der Waals surface area contributed by atoms with Crippen molar-refractivity contribution in [3.8, 4) is 11.5 Å². The van der Waals surface area contributed by atoms with Gasteiger partial charge in [0.25, 0.3) is 0 Å². The smallest absolute Gasteiger partial charge is 0.319 e. The quantitative estimate of drug-likeness (QED) is 0.522. The van der Waals surface area contributed by atoms with E-state index < -0.39 is 9.84 Å². The number of rotatable bonds is 7. The number of nitrogens with zero attached hydrogens (tertiary/aromatic N) is 5. The standard InChI is InChI=1S/C21H23ClN6O4S/c1-33(30,31)17-8-7-14(10-15(17)22)28(19(29)9-6-13-4-2-3-5-13)18-12-24-16(11-25-18)20-26-21(23)32-27-20/h7-8,10-13H,2-6,9H2,1H3,(H2,23,26,27). The second-order valence-electron chi connectivity index (χ2n) is 8.02. The van der Waals surface area contributed by atoms with Gasteiger partial charge < -0.3 is 10.3 Å². The molecule has 3 aromatic rings. The van der Waals surface area contributed by atoms with Crippen molar-refractivity contribution in [2.75, 3.05) is 16.9 Å². The third kappa shape index (κ3) is 5.31. The van der Waals surface area contributed by atoms with Crippen LogP contribution in [0.25, 0.3) is 11.5 Å². The zero-order chi connectivity index (χ0) is 23.6. The number of sulfone groups is 1. The Balaban J connectivity index is 1.66. The van der Waals surface area contributed by atoms with E-state index in [1.54, 1.807) is 0 Å². The topological polar surface area (TPSA) is 145 Å². The normalized spacial score (nSPS) is 14.5. The number of carbonyl (C=O) groups is 1. The van der Waals surface area contributed by atoms with E-state index >= 15 is 0 Å². The Morgan fingerprint density at radius 2 is 2.00 bits per heavy atom. The summed E-state index contributed by atoms with van der Waals surface area (Å²) in [6.07, 6.45) is 9.63. The number of carbonyl (C=O) groups excluding carboxylic acids is 1. The molecule has 1 aliphatic carbocycles. The molecule has 174 valence electrons. The van der Waals surface area contributed by atoms with E-state index in [1.807, 2.05) is 0 Å². The lowest BCUT2D eigenvalue weighted by Crippen LogP contribution is -2.27. The minimum atomic E-state index is -3.51. The average molecular weight is 491 g/mol. The van der Waals surface area contributed by atoms with Crippen LogP contribution in [0.3, 0.4) is 0 Å². The maximum absolute atomic E-state index is 13.3. The summed E-state index contributed by atoms with van der Waals surface area (Å²) in [5.74, 6) is 0.779. The summed E-state index contributed by atoms with van der Waals surface area (Å²) in [6, 6.07) is 4.26. The average Bonchev–Trinajstić information content (AvgIpc) is 3.44. The Morgan fingerprint density at radius 3 is 2.58 bits per heavy atom. The SMILES string of the molecule is CS(=O)(=O)c1ccc(N(C(=O)CCC2CCCC2)c2cnc(-c3noc(N)n3)cn2)cc1Cl. The van der Waals surface area contributed by atoms with Crippen molar-refractivity contribution in [3.63, 3.8) is 0 Å². The lowest BCUT2D eigenvalue weighted by atomic mass is 10.0. The number of anilines is 3. The van der Waals surface area contributed by atoms with E-state index in [4.69, 9.17) is 21.9 Å². The summed E-state index contributed by atoms with van der Waals surface area (Å²) in [5, 5.41) is 3.73. The Bertz CT molecular complexity index is 1260. The fraction of sp³-hybridized carbons (Fsp3) is 0.381. The van der Waals surface area contributed by atoms with Gasteiger partial charge in [0.05, 0.1) is 28.0 Å². The molecule has 4 rings (SSSR count). The lowest BCUT2D eigenvalue weighted by Gasteiger charge is -2.23. The van der Waals surface area contributed by atoms with Crippen LogP contribution in [0.4, 0.5) is 17.5 Å². The molecule has 0 radical (unpaired) electrons. The van der Waals surface area contributed by atoms with Crippen molar-refractivity contribution in [3.05, 3.63) is 35.6 Å². The predicted octanol–water partition coefficient (Wildman–Crippen LogP) is 3.80. The van der Waals surface area contributed by atoms with Crippen molar-refractivity contribution in [2.24, 2.45) is 5.92 Å². The zero-order valence-electron chi connectivity index (χ0n) is 17.9. The van der Waals surface area contributed by atoms with Crippen molar-refractivity contribution in [2.45, 2.75) is 43.4 Å². The summed E-state index contributed by atoms with van der Waals surface area (Å²) in [4.78, 5) is 27.2. The minimum Gasteiger partial charge on any atom is -0.351 e. The van der Waals surface area contributed by atoms with Gasteiger partial charge in [-0.25, -0.2) is 18.4 Å². The van der Waals surface area contributed by atoms with Crippen LogP contribution in [0.2, 0.25) is 5.02 Å². The molecule has 1 saturated carbocycles. The summed E-state index contributed by atoms with van der Waals surface area (Å²) in [6.45, 7) is 0. The lowest BCUT2D eigenvalue weighted by molar-refractivity contribution is -0.118. The molecule has 0 spiro atoms. The second-order valence-corrected chi connectivity index (χ2v) is 10.4. The van der Waals surface area contributed by atoms with Gasteiger partial charge in [-0.05, 0) is 30.5 Å². The van der Waals surface area contributed by atoms with Gasteiger partial charge >= 0.3 is 6.01 Å². The molecule has 12 heteroatoms. The van der Waals surface area contributed by atoms with Gasteiger partial charge in [0.1, 0.15) is 5.69 Å². The second kappa shape index (κ2) is 9.44. The number of nitrogens with two attached hydrogens (primary N) is 1. The molecule has 2 N–H and O–H groups in total. The Hall–Kier alpha value is -3.05. The molecule has 0 bridgehead atoms. The van der Waals surface area contributed by atoms with E-state index in [1.165, 1.54) is 48.3 Å². The largest absolute Gasteiger partial charge is 0.351 e. The van der Waals surface area contributed by atoms with Crippen molar-refractivity contribution < 1.29 is 17.7 Å². The maximum atomic E-state index is 13.3. The Labute approximate surface area is 196 Å². The molecule has 1 fully saturated rings. The number of hydrogen-bond acceptors (Lipinski definition) is 9. The van der Waals surface area contributed by atoms with Crippen LogP contribution in [0.5, 0.6) is 0 Å². The van der Waals surface area contributed by atoms with Crippen LogP contribution in [0.15, 0.2) is 40.0 Å². The van der Waals surface area contributed by atoms with Gasteiger partial charge in [0, 0.05) is 12.7 Å². The van der Waals surface area contributed by atoms with Gasteiger partial charge in [0.15, 0.2) is 15.7 Å². The highest BCUT2D eigenvalue weighted by atomic mass is 35.5. The van der Waals surface area contributed by atoms with Gasteiger partial charge in [0.2, 0.25) is 11.7 Å². The number of nitrogen functional groups attached to an aromatic ring is 1. The highest BCUT2D eigenvalue weighted by Crippen LogP contribution is 2.33. The number of hydrogen-bond donors (Lipinski definition) is 1. The zero-order valence-corrected chi connectivity index (χ0v) is 19.5. The fourth-order valence-electron chi connectivity index (χ4n) is 3.96. The van der Waals surface area contributed by atoms with Crippen LogP contribution in [-0.4, -0.2) is 40.7 Å². The highest BCUT2D eigenvalue weighted by molar-refractivity contribution is 7.90. The summed E-state index contributed by atoms with van der Waals surface area (Å²) >= 11 is 6.25. The van der Waals surface area contributed by atoms with E-state index in [0.717, 1.165) is 25.5 Å². The third-order valence-electron chi connectivity index (χ3n) is 5.60. The molecule has 0 unspecified atom stereocenters. The molecule has 2 aromatic heterocycles. The molecule has 1 aliphatic rings. The van der Waals surface area contributed by atoms with Crippen LogP contribution < -0.4 is 10.6 Å². The summed E-state index contributed by atoms with van der Waals surface area (Å²) in [7, 11) is -3.51. The van der Waals surface area contributed by atoms with E-state index in [0.29, 0.717) is 23.7 Å². The first-order chi connectivity index (χ1) is 15.7. The van der Waals surface area contributed by atoms with Gasteiger partial charge in [-0.15, -0.1) is 0 Å². The first kappa shape index (κ1) is 23.1. The van der Waals surface area contributed by atoms with Gasteiger partial charge in [-0.1, -0.05) is 42.4 Å². The van der Waals surface area contributed by atoms with Crippen LogP contribution >= 0.6 is 11.6 Å². The van der Waals surface area contributed by atoms with E-state index in [-0.39, 0.29) is 33.5 Å². The van der Waals surface area contributed by atoms with Crippen LogP contribution in [0.1, 0.15) is 38.5 Å². The molecule has 2 heterocycles. The van der Waals surface area contributed by atoms with Crippen LogP contribution in [-0.2, 0) is 14.6 Å². The molecule has 33 heavy (non-hydrogen) atoms. The van der Waals surface area contributed by atoms with Crippen molar-refractivity contribution >= 4 is 44.9 Å². The molecule has 0 atom stereocenters. The van der Waals surface area contributed by atoms with Gasteiger partial charge in [-0.2, -0.15) is 4.98 Å². The van der Waals surface area contributed by atoms with Crippen molar-refractivity contribution in [1.29, 1.82) is 0 Å². The Morgan fingerprint density at radius 1 is 1.24 bits per heavy atom. The number of halogens is 1. The molecular weight excluding hydrogens is 468 g/mol. The molecule has 0 saturated heterocycles. The van der Waals surface area contributed by atoms with Gasteiger partial charge in [-0.3, -0.25) is 9.69 Å². The van der Waals surface area contributed by atoms with E-state index in [2.05, 4.69) is 20.1 Å². The van der Waals surface area contributed by atoms with E-state index in [9.17, 15) is 13.2 Å². The first-order valence-corrected chi connectivity index (χ1v) is 12.7. The summed E-state index contributed by atoms with van der Waals surface area (Å²) < 4.78 is 28.7. The molecule has 1 aromatic carbocycles. The fourth-order valence-corrected chi connectivity index (χ4v) is 5.29. The molecule has 1 amide bonds.